The number of aryl methyl sites for hydroxylation is 2. The Morgan fingerprint density at radius 3 is 2.89 bits per heavy atom. The Bertz CT molecular complexity index is 949. The van der Waals surface area contributed by atoms with Crippen LogP contribution < -0.4 is 10.6 Å². The van der Waals surface area contributed by atoms with Crippen LogP contribution in [0.3, 0.4) is 0 Å². The summed E-state index contributed by atoms with van der Waals surface area (Å²) in [4.78, 5) is 26.0. The molecule has 35 heavy (non-hydrogen) atoms. The summed E-state index contributed by atoms with van der Waals surface area (Å²) in [6.07, 6.45) is 3.52. The van der Waals surface area contributed by atoms with Gasteiger partial charge in [-0.25, -0.2) is 28.5 Å². The van der Waals surface area contributed by atoms with E-state index in [1.54, 1.807) is 7.11 Å². The number of carboxylic acids is 1. The van der Waals surface area contributed by atoms with E-state index in [1.807, 2.05) is 0 Å². The molecule has 0 spiro atoms. The number of carboxylic acid groups (broad SMARTS) is 1. The highest BCUT2D eigenvalue weighted by molar-refractivity contribution is 5.76. The molecule has 3 N–H and O–H groups in total. The van der Waals surface area contributed by atoms with Gasteiger partial charge in [-0.05, 0) is 56.7 Å². The number of aromatic nitrogens is 3. The number of anilines is 2. The molecule has 0 fully saturated rings. The summed E-state index contributed by atoms with van der Waals surface area (Å²) in [5.74, 6) is 0.00576. The quantitative estimate of drug-likeness (QED) is 0.322. The molecule has 11 heteroatoms. The van der Waals surface area contributed by atoms with E-state index in [0.717, 1.165) is 69.1 Å². The maximum Gasteiger partial charge on any atom is 0.326 e. The molecular weight excluding hydrogens is 458 g/mol. The maximum atomic E-state index is 12.9. The number of carbonyl (C=O) groups is 1. The summed E-state index contributed by atoms with van der Waals surface area (Å²) < 4.78 is 31.0. The van der Waals surface area contributed by atoms with E-state index in [2.05, 4.69) is 37.6 Å². The lowest BCUT2D eigenvalue weighted by Crippen LogP contribution is -2.37. The van der Waals surface area contributed by atoms with E-state index in [-0.39, 0.29) is 12.2 Å². The average molecular weight is 493 g/mol. The van der Waals surface area contributed by atoms with Crippen molar-refractivity contribution in [3.63, 3.8) is 0 Å². The summed E-state index contributed by atoms with van der Waals surface area (Å²) in [5, 5.41) is 15.7. The largest absolute Gasteiger partial charge is 0.480 e. The summed E-state index contributed by atoms with van der Waals surface area (Å²) in [5.41, 5.74) is 1.90. The number of fused-ring (bicyclic) bond motifs is 1. The zero-order valence-electron chi connectivity index (χ0n) is 20.1. The Morgan fingerprint density at radius 2 is 2.11 bits per heavy atom. The van der Waals surface area contributed by atoms with Crippen LogP contribution in [0.5, 0.6) is 0 Å². The zero-order valence-corrected chi connectivity index (χ0v) is 20.1. The van der Waals surface area contributed by atoms with Crippen molar-refractivity contribution in [2.24, 2.45) is 0 Å². The van der Waals surface area contributed by atoms with Gasteiger partial charge < -0.3 is 25.4 Å². The Labute approximate surface area is 204 Å². The third-order valence-electron chi connectivity index (χ3n) is 5.99. The molecule has 0 bridgehead atoms. The molecule has 0 saturated carbocycles. The molecule has 192 valence electrons. The molecule has 2 aromatic heterocycles. The molecule has 0 saturated heterocycles. The van der Waals surface area contributed by atoms with Crippen LogP contribution in [0.1, 0.15) is 49.1 Å². The van der Waals surface area contributed by atoms with Crippen LogP contribution in [-0.2, 0) is 22.4 Å². The summed E-state index contributed by atoms with van der Waals surface area (Å²) >= 11 is 0. The van der Waals surface area contributed by atoms with E-state index in [1.165, 1.54) is 5.56 Å². The van der Waals surface area contributed by atoms with Crippen LogP contribution >= 0.6 is 0 Å². The van der Waals surface area contributed by atoms with Crippen molar-refractivity contribution in [3.8, 4) is 0 Å². The van der Waals surface area contributed by atoms with Crippen LogP contribution in [0.15, 0.2) is 24.5 Å². The van der Waals surface area contributed by atoms with Crippen molar-refractivity contribution >= 4 is 17.6 Å². The lowest BCUT2D eigenvalue weighted by molar-refractivity contribution is -0.138. The van der Waals surface area contributed by atoms with E-state index in [0.29, 0.717) is 19.7 Å². The number of methoxy groups -OCH3 is 1. The predicted octanol–water partition coefficient (Wildman–Crippen LogP) is 3.39. The first-order valence-corrected chi connectivity index (χ1v) is 12.0. The number of aliphatic carboxylic acids is 1. The first-order chi connectivity index (χ1) is 17.0. The Morgan fingerprint density at radius 1 is 1.26 bits per heavy atom. The minimum Gasteiger partial charge on any atom is -0.480 e. The van der Waals surface area contributed by atoms with Crippen molar-refractivity contribution < 1.29 is 23.4 Å². The van der Waals surface area contributed by atoms with Gasteiger partial charge in [-0.2, -0.15) is 0 Å². The van der Waals surface area contributed by atoms with Gasteiger partial charge in [-0.3, -0.25) is 0 Å². The van der Waals surface area contributed by atoms with E-state index in [4.69, 9.17) is 9.72 Å². The van der Waals surface area contributed by atoms with Gasteiger partial charge in [-0.15, -0.1) is 0 Å². The minimum absolute atomic E-state index is 0.0678. The topological polar surface area (TPSA) is 113 Å². The van der Waals surface area contributed by atoms with Gasteiger partial charge >= 0.3 is 5.97 Å². The molecule has 1 aliphatic rings. The van der Waals surface area contributed by atoms with Gasteiger partial charge in [0.25, 0.3) is 6.43 Å². The number of hydrogen-bond acceptors (Lipinski definition) is 8. The molecular formula is C24H34F2N6O3. The number of alkyl halides is 2. The second kappa shape index (κ2) is 13.8. The number of ether oxygens (including phenoxy) is 1. The number of unbranched alkanes of at least 4 members (excludes halogenated alkanes) is 1. The van der Waals surface area contributed by atoms with Gasteiger partial charge in [0.1, 0.15) is 29.7 Å². The van der Waals surface area contributed by atoms with E-state index in [9.17, 15) is 18.7 Å². The van der Waals surface area contributed by atoms with E-state index < -0.39 is 24.1 Å². The number of hydrogen-bond donors (Lipinski definition) is 3. The summed E-state index contributed by atoms with van der Waals surface area (Å²) in [6.45, 7) is 3.48. The highest BCUT2D eigenvalue weighted by atomic mass is 19.3. The number of nitrogens with zero attached hydrogens (tertiary/aromatic N) is 4. The van der Waals surface area contributed by atoms with Crippen LogP contribution in [-0.4, -0.2) is 76.9 Å². The lowest BCUT2D eigenvalue weighted by atomic mass is 10.1. The molecule has 9 nitrogen and oxygen atoms in total. The fraction of sp³-hybridized carbons (Fsp3) is 0.583. The summed E-state index contributed by atoms with van der Waals surface area (Å²) in [7, 11) is 1.63. The van der Waals surface area contributed by atoms with Crippen molar-refractivity contribution in [1.29, 1.82) is 0 Å². The molecule has 2 aromatic rings. The first kappa shape index (κ1) is 26.7. The molecule has 0 amide bonds. The molecule has 1 atom stereocenters. The monoisotopic (exact) mass is 492 g/mol. The molecule has 3 rings (SSSR count). The Hall–Kier alpha value is -2.92. The third kappa shape index (κ3) is 8.66. The van der Waals surface area contributed by atoms with Crippen molar-refractivity contribution in [2.75, 3.05) is 50.5 Å². The SMILES string of the molecule is COCCN(CCCCc1ccc2c(n1)NCCC2)CC[C@H](Nc1cc(C(F)F)ncn1)C(=O)O. The molecule has 1 aliphatic heterocycles. The van der Waals surface area contributed by atoms with Crippen LogP contribution in [0.2, 0.25) is 0 Å². The van der Waals surface area contributed by atoms with Crippen LogP contribution in [0.25, 0.3) is 0 Å². The summed E-state index contributed by atoms with van der Waals surface area (Å²) in [6, 6.07) is 4.38. The highest BCUT2D eigenvalue weighted by Gasteiger charge is 2.20. The average Bonchev–Trinajstić information content (AvgIpc) is 2.86. The maximum absolute atomic E-state index is 12.9. The molecule has 0 unspecified atom stereocenters. The standard InChI is InChI=1S/C24H34F2N6O3/c1-35-14-13-32(11-3-2-6-18-8-7-17-5-4-10-27-23(17)30-18)12-9-19(24(33)34)31-21-15-20(22(25)26)28-16-29-21/h7-8,15-16,19,22H,2-6,9-14H2,1H3,(H,27,30)(H,33,34)(H,28,29,31)/t19-/m0/s1. The first-order valence-electron chi connectivity index (χ1n) is 12.0. The fourth-order valence-corrected chi connectivity index (χ4v) is 4.02. The van der Waals surface area contributed by atoms with Crippen molar-refractivity contribution in [2.45, 2.75) is 51.0 Å². The zero-order chi connectivity index (χ0) is 25.0. The number of rotatable bonds is 15. The van der Waals surface area contributed by atoms with Gasteiger partial charge in [0.15, 0.2) is 0 Å². The minimum atomic E-state index is -2.75. The molecule has 0 radical (unpaired) electrons. The second-order valence-electron chi connectivity index (χ2n) is 8.58. The Kier molecular flexibility index (Phi) is 10.5. The predicted molar refractivity (Wildman–Crippen MR) is 129 cm³/mol. The van der Waals surface area contributed by atoms with E-state index >= 15 is 0 Å². The van der Waals surface area contributed by atoms with Gasteiger partial charge in [-0.1, -0.05) is 6.07 Å². The normalized spacial score (nSPS) is 14.0. The Balaban J connectivity index is 1.48. The lowest BCUT2D eigenvalue weighted by Gasteiger charge is -2.24. The van der Waals surface area contributed by atoms with Crippen molar-refractivity contribution in [1.82, 2.24) is 19.9 Å². The second-order valence-corrected chi connectivity index (χ2v) is 8.58. The van der Waals surface area contributed by atoms with Gasteiger partial charge in [0.05, 0.1) is 6.61 Å². The number of halogens is 2. The fourth-order valence-electron chi connectivity index (χ4n) is 4.02. The molecule has 3 heterocycles. The third-order valence-corrected chi connectivity index (χ3v) is 5.99. The van der Waals surface area contributed by atoms with Gasteiger partial charge in [0.2, 0.25) is 0 Å². The molecule has 0 aliphatic carbocycles. The number of nitrogens with one attached hydrogen (secondary N) is 2. The highest BCUT2D eigenvalue weighted by Crippen LogP contribution is 2.21. The van der Waals surface area contributed by atoms with Crippen LogP contribution in [0, 0.1) is 0 Å². The number of pyridine rings is 1. The smallest absolute Gasteiger partial charge is 0.326 e. The van der Waals surface area contributed by atoms with Crippen LogP contribution in [0.4, 0.5) is 20.4 Å². The van der Waals surface area contributed by atoms with Crippen molar-refractivity contribution in [3.05, 3.63) is 41.5 Å². The molecule has 0 aromatic carbocycles. The van der Waals surface area contributed by atoms with Gasteiger partial charge in [0, 0.05) is 38.5 Å².